The molecule has 0 unspecified atom stereocenters. The zero-order chi connectivity index (χ0) is 41.5. The van der Waals surface area contributed by atoms with E-state index in [1.807, 2.05) is 0 Å². The van der Waals surface area contributed by atoms with Gasteiger partial charge in [-0.15, -0.1) is 11.3 Å². The van der Waals surface area contributed by atoms with Gasteiger partial charge in [-0.3, -0.25) is 0 Å². The monoisotopic (exact) mass is 820 g/mol. The average Bonchev–Trinajstić information content (AvgIpc) is 4.01. The van der Waals surface area contributed by atoms with Gasteiger partial charge in [0.25, 0.3) is 0 Å². The van der Waals surface area contributed by atoms with Gasteiger partial charge in [0.1, 0.15) is 0 Å². The van der Waals surface area contributed by atoms with Crippen LogP contribution in [0.25, 0.3) is 93.0 Å². The quantitative estimate of drug-likeness (QED) is 0.168. The number of aromatic nitrogens is 4. The Morgan fingerprint density at radius 1 is 0.365 bits per heavy atom. The summed E-state index contributed by atoms with van der Waals surface area (Å²) >= 11 is 1.79. The molecule has 63 heavy (non-hydrogen) atoms. The van der Waals surface area contributed by atoms with Crippen LogP contribution in [0.3, 0.4) is 0 Å². The van der Waals surface area contributed by atoms with Crippen molar-refractivity contribution in [3.8, 4) is 51.0 Å². The second-order valence-electron chi connectivity index (χ2n) is 16.3. The number of fused-ring (bicyclic) bond motifs is 9. The third-order valence-corrected chi connectivity index (χ3v) is 14.2. The number of hydrogen-bond acceptors (Lipinski definition) is 4. The Bertz CT molecular complexity index is 3640. The summed E-state index contributed by atoms with van der Waals surface area (Å²) in [5, 5.41) is 4.92. The first-order valence-corrected chi connectivity index (χ1v) is 22.2. The van der Waals surface area contributed by atoms with Gasteiger partial charge in [0.2, 0.25) is 0 Å². The van der Waals surface area contributed by atoms with Crippen LogP contribution in [0.15, 0.2) is 218 Å². The molecule has 5 heteroatoms. The maximum atomic E-state index is 5.47. The normalized spacial score (nSPS) is 12.9. The second-order valence-corrected chi connectivity index (χ2v) is 17.3. The fraction of sp³-hybridized carbons (Fsp3) is 0.0172. The lowest BCUT2D eigenvalue weighted by Gasteiger charge is -2.33. The van der Waals surface area contributed by atoms with E-state index in [1.165, 1.54) is 69.8 Å². The average molecular weight is 821 g/mol. The highest BCUT2D eigenvalue weighted by atomic mass is 32.1. The van der Waals surface area contributed by atoms with Crippen LogP contribution >= 0.6 is 11.3 Å². The topological polar surface area (TPSA) is 43.6 Å². The molecule has 0 atom stereocenters. The smallest absolute Gasteiger partial charge is 0.165 e. The molecule has 4 nitrogen and oxygen atoms in total. The summed E-state index contributed by atoms with van der Waals surface area (Å²) < 4.78 is 4.75. The first-order chi connectivity index (χ1) is 31.3. The lowest BCUT2D eigenvalue weighted by molar-refractivity contribution is 0.768. The van der Waals surface area contributed by atoms with E-state index < -0.39 is 5.41 Å². The summed E-state index contributed by atoms with van der Waals surface area (Å²) in [6.45, 7) is 0. The van der Waals surface area contributed by atoms with Crippen LogP contribution in [0.4, 0.5) is 0 Å². The van der Waals surface area contributed by atoms with E-state index in [0.717, 1.165) is 27.9 Å². The lowest BCUT2D eigenvalue weighted by atomic mass is 9.67. The van der Waals surface area contributed by atoms with Gasteiger partial charge < -0.3 is 4.57 Å². The van der Waals surface area contributed by atoms with Crippen molar-refractivity contribution in [2.45, 2.75) is 5.41 Å². The second kappa shape index (κ2) is 14.0. The van der Waals surface area contributed by atoms with Crippen molar-refractivity contribution in [2.75, 3.05) is 0 Å². The molecule has 0 bridgehead atoms. The molecule has 0 spiro atoms. The lowest BCUT2D eigenvalue weighted by Crippen LogP contribution is -2.28. The van der Waals surface area contributed by atoms with E-state index in [2.05, 4.69) is 223 Å². The fourth-order valence-electron chi connectivity index (χ4n) is 10.3. The van der Waals surface area contributed by atoms with Crippen molar-refractivity contribution in [2.24, 2.45) is 0 Å². The molecule has 0 N–H and O–H groups in total. The van der Waals surface area contributed by atoms with E-state index >= 15 is 0 Å². The molecule has 13 rings (SSSR count). The Kier molecular flexibility index (Phi) is 7.96. The van der Waals surface area contributed by atoms with Crippen LogP contribution in [0.2, 0.25) is 0 Å². The Morgan fingerprint density at radius 3 is 1.59 bits per heavy atom. The van der Waals surface area contributed by atoms with Crippen molar-refractivity contribution in [3.05, 3.63) is 241 Å². The highest BCUT2D eigenvalue weighted by molar-refractivity contribution is 7.26. The molecule has 294 valence electrons. The molecule has 0 fully saturated rings. The summed E-state index contributed by atoms with van der Waals surface area (Å²) in [6.07, 6.45) is 0. The predicted molar refractivity (Wildman–Crippen MR) is 261 cm³/mol. The highest BCUT2D eigenvalue weighted by Gasteiger charge is 2.47. The number of thiophene rings is 1. The minimum Gasteiger partial charge on any atom is -0.309 e. The molecule has 3 heterocycles. The summed E-state index contributed by atoms with van der Waals surface area (Å²) in [4.78, 5) is 16.3. The molecular formula is C58H36N4S. The Labute approximate surface area is 368 Å². The van der Waals surface area contributed by atoms with Crippen LogP contribution in [-0.4, -0.2) is 19.5 Å². The number of benzene rings is 9. The van der Waals surface area contributed by atoms with E-state index in [1.54, 1.807) is 11.3 Å². The van der Waals surface area contributed by atoms with Crippen LogP contribution in [0, 0.1) is 0 Å². The van der Waals surface area contributed by atoms with E-state index in [9.17, 15) is 0 Å². The third kappa shape index (κ3) is 5.30. The Hall–Kier alpha value is -7.99. The SMILES string of the molecule is c1ccc(C2(c3ccccc3)c3ccccc3-c3c(-c4nc(-c5ccc(-n6c7ccccc7c7ccccc76)cc5)nc(-c5cccc6c5sc5ccccc56)n4)cccc32)cc1. The van der Waals surface area contributed by atoms with E-state index in [-0.39, 0.29) is 0 Å². The summed E-state index contributed by atoms with van der Waals surface area (Å²) in [7, 11) is 0. The minimum atomic E-state index is -0.547. The van der Waals surface area contributed by atoms with Gasteiger partial charge in [-0.2, -0.15) is 0 Å². The van der Waals surface area contributed by atoms with Gasteiger partial charge in [-0.25, -0.2) is 15.0 Å². The zero-order valence-electron chi connectivity index (χ0n) is 34.0. The number of nitrogens with zero attached hydrogens (tertiary/aromatic N) is 4. The molecule has 0 radical (unpaired) electrons. The number of hydrogen-bond donors (Lipinski definition) is 0. The van der Waals surface area contributed by atoms with Crippen LogP contribution in [0.1, 0.15) is 22.3 Å². The minimum absolute atomic E-state index is 0.547. The van der Waals surface area contributed by atoms with Gasteiger partial charge in [-0.1, -0.05) is 170 Å². The number of rotatable bonds is 6. The van der Waals surface area contributed by atoms with Crippen molar-refractivity contribution in [1.29, 1.82) is 0 Å². The molecule has 9 aromatic carbocycles. The maximum Gasteiger partial charge on any atom is 0.165 e. The van der Waals surface area contributed by atoms with Gasteiger partial charge in [0.05, 0.1) is 16.4 Å². The van der Waals surface area contributed by atoms with Crippen molar-refractivity contribution in [3.63, 3.8) is 0 Å². The van der Waals surface area contributed by atoms with Gasteiger partial charge in [0, 0.05) is 53.3 Å². The first-order valence-electron chi connectivity index (χ1n) is 21.4. The summed E-state index contributed by atoms with van der Waals surface area (Å²) in [5.41, 5.74) is 13.0. The molecular weight excluding hydrogens is 785 g/mol. The molecule has 3 aromatic heterocycles. The predicted octanol–water partition coefficient (Wildman–Crippen LogP) is 14.7. The fourth-order valence-corrected chi connectivity index (χ4v) is 11.5. The molecule has 0 aliphatic heterocycles. The molecule has 1 aliphatic carbocycles. The van der Waals surface area contributed by atoms with E-state index in [0.29, 0.717) is 17.5 Å². The van der Waals surface area contributed by atoms with Crippen LogP contribution in [-0.2, 0) is 5.41 Å². The molecule has 1 aliphatic rings. The Morgan fingerprint density at radius 2 is 0.873 bits per heavy atom. The van der Waals surface area contributed by atoms with E-state index in [4.69, 9.17) is 15.0 Å². The van der Waals surface area contributed by atoms with Gasteiger partial charge in [0.15, 0.2) is 17.5 Å². The van der Waals surface area contributed by atoms with Crippen LogP contribution < -0.4 is 0 Å². The maximum absolute atomic E-state index is 5.47. The molecule has 12 aromatic rings. The first kappa shape index (κ1) is 35.7. The largest absolute Gasteiger partial charge is 0.309 e. The molecule has 0 saturated carbocycles. The molecule has 0 saturated heterocycles. The van der Waals surface area contributed by atoms with Gasteiger partial charge >= 0.3 is 0 Å². The van der Waals surface area contributed by atoms with Crippen molar-refractivity contribution >= 4 is 53.3 Å². The van der Waals surface area contributed by atoms with Crippen LogP contribution in [0.5, 0.6) is 0 Å². The van der Waals surface area contributed by atoms with Crippen molar-refractivity contribution < 1.29 is 0 Å². The molecule has 0 amide bonds. The standard InChI is InChI=1S/C58H36N4S/c1-3-17-38(18-4-1)58(39-19-5-2-6-20-39)48-28-11-7-24-45(48)53-46(26-16-29-49(53)58)56-59-55(60-57(61-56)47-27-15-25-44-43-23-10-14-32-52(43)63-54(44)47)37-33-35-40(36-34-37)62-50-30-12-8-21-41(50)42-22-9-13-31-51(42)62/h1-36H. The highest BCUT2D eigenvalue weighted by Crippen LogP contribution is 2.58. The summed E-state index contributed by atoms with van der Waals surface area (Å²) in [5.74, 6) is 1.92. The zero-order valence-corrected chi connectivity index (χ0v) is 34.8. The third-order valence-electron chi connectivity index (χ3n) is 13.0. The van der Waals surface area contributed by atoms with Crippen molar-refractivity contribution in [1.82, 2.24) is 19.5 Å². The Balaban J connectivity index is 1.05. The number of para-hydroxylation sites is 2. The van der Waals surface area contributed by atoms with Gasteiger partial charge in [-0.05, 0) is 81.9 Å². The summed E-state index contributed by atoms with van der Waals surface area (Å²) in [6, 6.07) is 78.5.